The van der Waals surface area contributed by atoms with Gasteiger partial charge in [0.1, 0.15) is 6.61 Å². The largest absolute Gasteiger partial charge is 0.463 e. The maximum atomic E-state index is 13.2. The van der Waals surface area contributed by atoms with Crippen LogP contribution in [0.2, 0.25) is 0 Å². The molecule has 0 amide bonds. The van der Waals surface area contributed by atoms with Crippen LogP contribution in [-0.2, 0) is 33.0 Å². The molecule has 0 radical (unpaired) electrons. The molecule has 226 valence electrons. The second-order valence-corrected chi connectivity index (χ2v) is 10.7. The van der Waals surface area contributed by atoms with Crippen molar-refractivity contribution in [2.24, 2.45) is 0 Å². The number of alkyl halides is 3. The van der Waals surface area contributed by atoms with E-state index in [1.165, 1.54) is 17.7 Å². The zero-order valence-electron chi connectivity index (χ0n) is 24.0. The van der Waals surface area contributed by atoms with E-state index in [2.05, 4.69) is 14.8 Å². The molecule has 1 aromatic heterocycles. The number of rotatable bonds is 12. The summed E-state index contributed by atoms with van der Waals surface area (Å²) in [6.07, 6.45) is -0.935. The number of benzene rings is 2. The molecule has 1 aliphatic rings. The second-order valence-electron chi connectivity index (χ2n) is 10.7. The van der Waals surface area contributed by atoms with Crippen molar-refractivity contribution < 1.29 is 32.5 Å². The Bertz CT molecular complexity index is 1270. The van der Waals surface area contributed by atoms with Crippen LogP contribution >= 0.6 is 0 Å². The van der Waals surface area contributed by atoms with Gasteiger partial charge in [-0.15, -0.1) is 0 Å². The highest BCUT2D eigenvalue weighted by atomic mass is 19.4. The molecule has 1 aliphatic heterocycles. The van der Waals surface area contributed by atoms with Crippen molar-refractivity contribution in [3.8, 4) is 11.1 Å². The third-order valence-electron chi connectivity index (χ3n) is 7.61. The normalized spacial score (nSPS) is 18.0. The summed E-state index contributed by atoms with van der Waals surface area (Å²) in [5, 5.41) is 9.94. The number of halogens is 3. The van der Waals surface area contributed by atoms with Gasteiger partial charge >= 0.3 is 12.1 Å². The van der Waals surface area contributed by atoms with Crippen LogP contribution in [0.15, 0.2) is 73.1 Å². The Hall–Kier alpha value is -3.31. The summed E-state index contributed by atoms with van der Waals surface area (Å²) in [6, 6.07) is 17.6. The number of ether oxygens (including phenoxy) is 2. The third-order valence-corrected chi connectivity index (χ3v) is 7.61. The molecule has 0 spiro atoms. The number of carbonyl (C=O) groups is 1. The molecular weight excluding hydrogens is 547 g/mol. The van der Waals surface area contributed by atoms with Crippen molar-refractivity contribution in [1.29, 1.82) is 0 Å². The van der Waals surface area contributed by atoms with E-state index < -0.39 is 11.8 Å². The monoisotopic (exact) mass is 585 g/mol. The summed E-state index contributed by atoms with van der Waals surface area (Å²) in [4.78, 5) is 21.4. The van der Waals surface area contributed by atoms with Crippen LogP contribution in [0.5, 0.6) is 0 Å². The highest BCUT2D eigenvalue weighted by Gasteiger charge is 2.51. The van der Waals surface area contributed by atoms with E-state index >= 15 is 0 Å². The zero-order valence-corrected chi connectivity index (χ0v) is 24.0. The molecular formula is C32H38F3N3O4. The van der Waals surface area contributed by atoms with Gasteiger partial charge in [-0.2, -0.15) is 13.2 Å². The van der Waals surface area contributed by atoms with Gasteiger partial charge in [-0.3, -0.25) is 19.6 Å². The Morgan fingerprint density at radius 2 is 1.55 bits per heavy atom. The lowest BCUT2D eigenvalue weighted by Crippen LogP contribution is -2.53. The molecule has 2 aromatic carbocycles. The van der Waals surface area contributed by atoms with Crippen LogP contribution in [0, 0.1) is 0 Å². The van der Waals surface area contributed by atoms with E-state index in [0.717, 1.165) is 49.8 Å². The fraction of sp³-hybridized carbons (Fsp3) is 0.438. The Labute approximate surface area is 244 Å². The molecule has 1 saturated heterocycles. The first-order chi connectivity index (χ1) is 20.1. The van der Waals surface area contributed by atoms with E-state index in [0.29, 0.717) is 19.8 Å². The quantitative estimate of drug-likeness (QED) is 0.232. The van der Waals surface area contributed by atoms with Crippen LogP contribution in [-0.4, -0.2) is 77.5 Å². The van der Waals surface area contributed by atoms with Crippen molar-refractivity contribution in [3.05, 3.63) is 89.7 Å². The number of carbonyl (C=O) groups excluding carboxylic acids is 1. The van der Waals surface area contributed by atoms with E-state index in [4.69, 9.17) is 9.47 Å². The van der Waals surface area contributed by atoms with E-state index in [-0.39, 0.29) is 30.6 Å². The first-order valence-electron chi connectivity index (χ1n) is 14.1. The Kier molecular flexibility index (Phi) is 10.7. The van der Waals surface area contributed by atoms with E-state index in [1.807, 2.05) is 43.3 Å². The molecule has 1 fully saturated rings. The minimum atomic E-state index is -4.77. The van der Waals surface area contributed by atoms with Gasteiger partial charge in [-0.05, 0) is 53.8 Å². The number of hydrogen-bond acceptors (Lipinski definition) is 7. The lowest BCUT2D eigenvalue weighted by Gasteiger charge is -2.41. The van der Waals surface area contributed by atoms with Crippen LogP contribution in [0.25, 0.3) is 11.1 Å². The van der Waals surface area contributed by atoms with Crippen molar-refractivity contribution in [2.75, 3.05) is 39.5 Å². The van der Waals surface area contributed by atoms with Crippen LogP contribution in [0.4, 0.5) is 13.2 Å². The third kappa shape index (κ3) is 8.38. The van der Waals surface area contributed by atoms with Gasteiger partial charge in [-0.25, -0.2) is 0 Å². The summed E-state index contributed by atoms with van der Waals surface area (Å²) in [5.41, 5.74) is 0.717. The maximum absolute atomic E-state index is 13.2. The fourth-order valence-electron chi connectivity index (χ4n) is 5.05. The van der Waals surface area contributed by atoms with Gasteiger partial charge in [0.2, 0.25) is 0 Å². The van der Waals surface area contributed by atoms with Crippen LogP contribution in [0.3, 0.4) is 0 Å². The van der Waals surface area contributed by atoms with Crippen molar-refractivity contribution in [2.45, 2.75) is 51.2 Å². The number of nitrogens with zero attached hydrogens (tertiary/aromatic N) is 3. The topological polar surface area (TPSA) is 75.1 Å². The number of esters is 1. The predicted molar refractivity (Wildman–Crippen MR) is 153 cm³/mol. The predicted octanol–water partition coefficient (Wildman–Crippen LogP) is 5.17. The van der Waals surface area contributed by atoms with Gasteiger partial charge in [0.25, 0.3) is 0 Å². The minimum absolute atomic E-state index is 0.0335. The first-order valence-corrected chi connectivity index (χ1v) is 14.1. The van der Waals surface area contributed by atoms with Gasteiger partial charge in [0.15, 0.2) is 5.60 Å². The van der Waals surface area contributed by atoms with Crippen molar-refractivity contribution in [1.82, 2.24) is 14.8 Å². The second kappa shape index (κ2) is 14.2. The summed E-state index contributed by atoms with van der Waals surface area (Å²) < 4.78 is 50.3. The standard InChI is InChI=1S/C32H38F3N3O4/c1-3-41-18-19-42-30(39)20-29-23-37(21-25-12-14-36-15-13-25)16-17-38(29)22-24-4-6-26(7-5-24)27-8-10-28(11-9-27)31(2,40)32(33,34)35/h4-15,29,40H,3,16-23H2,1-2H3/t29-,31?/m0/s1. The zero-order chi connectivity index (χ0) is 30.2. The smallest absolute Gasteiger partial charge is 0.421 e. The number of aromatic nitrogens is 1. The minimum Gasteiger partial charge on any atom is -0.463 e. The summed E-state index contributed by atoms with van der Waals surface area (Å²) in [5.74, 6) is -0.251. The molecule has 0 saturated carbocycles. The van der Waals surface area contributed by atoms with E-state index in [9.17, 15) is 23.1 Å². The molecule has 4 rings (SSSR count). The van der Waals surface area contributed by atoms with Crippen LogP contribution in [0.1, 0.15) is 37.0 Å². The van der Waals surface area contributed by atoms with Crippen molar-refractivity contribution >= 4 is 5.97 Å². The number of hydrogen-bond donors (Lipinski definition) is 1. The summed E-state index contributed by atoms with van der Waals surface area (Å²) >= 11 is 0. The van der Waals surface area contributed by atoms with E-state index in [1.54, 1.807) is 24.5 Å². The molecule has 1 unspecified atom stereocenters. The van der Waals surface area contributed by atoms with Gasteiger partial charge in [0.05, 0.1) is 13.0 Å². The molecule has 10 heteroatoms. The number of piperazine rings is 1. The molecule has 42 heavy (non-hydrogen) atoms. The fourth-order valence-corrected chi connectivity index (χ4v) is 5.05. The molecule has 2 atom stereocenters. The average Bonchev–Trinajstić information content (AvgIpc) is 2.97. The highest BCUT2D eigenvalue weighted by Crippen LogP contribution is 2.39. The SMILES string of the molecule is CCOCCOC(=O)C[C@H]1CN(Cc2ccncc2)CCN1Cc1ccc(-c2ccc(C(C)(O)C(F)(F)F)cc2)cc1. The number of aliphatic hydroxyl groups is 1. The molecule has 0 aliphatic carbocycles. The molecule has 2 heterocycles. The lowest BCUT2D eigenvalue weighted by atomic mass is 9.93. The summed E-state index contributed by atoms with van der Waals surface area (Å²) in [6.45, 7) is 7.60. The van der Waals surface area contributed by atoms with Crippen molar-refractivity contribution in [3.63, 3.8) is 0 Å². The summed E-state index contributed by atoms with van der Waals surface area (Å²) in [7, 11) is 0. The molecule has 0 bridgehead atoms. The average molecular weight is 586 g/mol. The maximum Gasteiger partial charge on any atom is 0.421 e. The Morgan fingerprint density at radius 3 is 2.17 bits per heavy atom. The van der Waals surface area contributed by atoms with Gasteiger partial charge < -0.3 is 14.6 Å². The Balaban J connectivity index is 1.41. The molecule has 7 nitrogen and oxygen atoms in total. The first kappa shape index (κ1) is 31.6. The highest BCUT2D eigenvalue weighted by molar-refractivity contribution is 5.70. The molecule has 3 aromatic rings. The number of pyridine rings is 1. The Morgan fingerprint density at radius 1 is 0.929 bits per heavy atom. The lowest BCUT2D eigenvalue weighted by molar-refractivity contribution is -0.258. The van der Waals surface area contributed by atoms with Crippen LogP contribution < -0.4 is 0 Å². The van der Waals surface area contributed by atoms with Gasteiger partial charge in [0, 0.05) is 57.8 Å². The van der Waals surface area contributed by atoms with Gasteiger partial charge in [-0.1, -0.05) is 48.5 Å². The molecule has 1 N–H and O–H groups in total.